The second kappa shape index (κ2) is 11.0. The first-order valence-electron chi connectivity index (χ1n) is 13.5. The molecule has 1 saturated carbocycles. The van der Waals surface area contributed by atoms with E-state index in [0.29, 0.717) is 49.1 Å². The van der Waals surface area contributed by atoms with E-state index in [1.54, 1.807) is 35.0 Å². The minimum Gasteiger partial charge on any atom is -0.342 e. The van der Waals surface area contributed by atoms with Crippen LogP contribution in [0.4, 0.5) is 4.39 Å². The van der Waals surface area contributed by atoms with Crippen molar-refractivity contribution in [1.29, 1.82) is 5.26 Å². The van der Waals surface area contributed by atoms with Gasteiger partial charge in [0.2, 0.25) is 11.8 Å². The molecule has 1 unspecified atom stereocenters. The van der Waals surface area contributed by atoms with Crippen LogP contribution in [-0.4, -0.2) is 71.7 Å². The molecule has 40 heavy (non-hydrogen) atoms. The van der Waals surface area contributed by atoms with Gasteiger partial charge in [-0.3, -0.25) is 14.4 Å². The third kappa shape index (κ3) is 5.42. The smallest absolute Gasteiger partial charge is 0.253 e. The average Bonchev–Trinajstić information content (AvgIpc) is 3.56. The highest BCUT2D eigenvalue weighted by atomic mass is 35.5. The quantitative estimate of drug-likeness (QED) is 0.489. The van der Waals surface area contributed by atoms with Gasteiger partial charge in [-0.25, -0.2) is 4.39 Å². The lowest BCUT2D eigenvalue weighted by atomic mass is 9.93. The van der Waals surface area contributed by atoms with E-state index in [2.05, 4.69) is 0 Å². The number of likely N-dealkylation sites (tertiary alicyclic amines) is 2. The summed E-state index contributed by atoms with van der Waals surface area (Å²) in [5.41, 5.74) is 0.620. The Hall–Kier alpha value is -3.15. The third-order valence-electron chi connectivity index (χ3n) is 8.77. The number of halogens is 3. The first kappa shape index (κ1) is 28.4. The fourth-order valence-electron chi connectivity index (χ4n) is 5.90. The number of rotatable bonds is 5. The zero-order valence-corrected chi connectivity index (χ0v) is 24.0. The summed E-state index contributed by atoms with van der Waals surface area (Å²) in [5.74, 6) is -1.28. The number of hydrogen-bond donors (Lipinski definition) is 0. The summed E-state index contributed by atoms with van der Waals surface area (Å²) in [5, 5.41) is 10.0. The fourth-order valence-corrected chi connectivity index (χ4v) is 6.21. The number of hydrogen-bond acceptors (Lipinski definition) is 4. The standard InChI is InChI=1S/C30H31Cl2FN4O3/c1-30(9-10-30)29(40)36-11-7-18(8-12-36)28(39)37-16-22(19-3-5-23(31)24(32)14-19)26(17-37)35(2)27(38)20-4-6-25(33)21(13-20)15-34/h3-6,13-14,18,22,26H,7-12,16-17H2,1-2H3/t22?,26-/m0/s1. The van der Waals surface area contributed by atoms with Crippen LogP contribution in [0, 0.1) is 28.5 Å². The van der Waals surface area contributed by atoms with Gasteiger partial charge in [0.25, 0.3) is 5.91 Å². The minimum absolute atomic E-state index is 0.0201. The fraction of sp³-hybridized carbons (Fsp3) is 0.467. The summed E-state index contributed by atoms with van der Waals surface area (Å²) in [6.45, 7) is 3.86. The average molecular weight is 586 g/mol. The van der Waals surface area contributed by atoms with Crippen LogP contribution in [0.2, 0.25) is 10.0 Å². The molecule has 3 aliphatic rings. The Morgan fingerprint density at radius 3 is 2.35 bits per heavy atom. The zero-order chi connectivity index (χ0) is 28.8. The SMILES string of the molecule is CN(C(=O)c1ccc(F)c(C#N)c1)[C@H]1CN(C(=O)C2CCN(C(=O)C3(C)CC3)CC2)CC1c1ccc(Cl)c(Cl)c1. The van der Waals surface area contributed by atoms with Crippen molar-refractivity contribution in [3.05, 3.63) is 69.0 Å². The van der Waals surface area contributed by atoms with Crippen LogP contribution >= 0.6 is 23.2 Å². The van der Waals surface area contributed by atoms with Crippen molar-refractivity contribution >= 4 is 40.9 Å². The van der Waals surface area contributed by atoms with Crippen molar-refractivity contribution in [3.63, 3.8) is 0 Å². The Labute approximate surface area is 243 Å². The van der Waals surface area contributed by atoms with Gasteiger partial charge in [-0.2, -0.15) is 5.26 Å². The number of nitriles is 1. The van der Waals surface area contributed by atoms with E-state index >= 15 is 0 Å². The van der Waals surface area contributed by atoms with Crippen molar-refractivity contribution in [2.75, 3.05) is 33.2 Å². The van der Waals surface area contributed by atoms with Crippen LogP contribution < -0.4 is 0 Å². The van der Waals surface area contributed by atoms with Gasteiger partial charge < -0.3 is 14.7 Å². The van der Waals surface area contributed by atoms with Gasteiger partial charge in [0.15, 0.2) is 0 Å². The molecule has 2 aromatic rings. The Kier molecular flexibility index (Phi) is 7.82. The van der Waals surface area contributed by atoms with Crippen LogP contribution in [0.5, 0.6) is 0 Å². The van der Waals surface area contributed by atoms with Gasteiger partial charge in [-0.15, -0.1) is 0 Å². The van der Waals surface area contributed by atoms with Crippen LogP contribution in [0.1, 0.15) is 60.0 Å². The number of piperidine rings is 1. The summed E-state index contributed by atoms with van der Waals surface area (Å²) in [4.78, 5) is 45.2. The molecule has 0 aromatic heterocycles. The molecule has 2 atom stereocenters. The van der Waals surface area contributed by atoms with Crippen LogP contribution in [0.25, 0.3) is 0 Å². The maximum absolute atomic E-state index is 13.9. The summed E-state index contributed by atoms with van der Waals surface area (Å²) < 4.78 is 13.9. The van der Waals surface area contributed by atoms with Crippen LogP contribution in [0.15, 0.2) is 36.4 Å². The maximum atomic E-state index is 13.9. The van der Waals surface area contributed by atoms with Gasteiger partial charge in [-0.1, -0.05) is 36.2 Å². The molecule has 1 aliphatic carbocycles. The molecule has 7 nitrogen and oxygen atoms in total. The summed E-state index contributed by atoms with van der Waals surface area (Å²) in [7, 11) is 1.66. The summed E-state index contributed by atoms with van der Waals surface area (Å²) in [6.07, 6.45) is 3.08. The molecule has 2 aliphatic heterocycles. The van der Waals surface area contributed by atoms with E-state index in [-0.39, 0.29) is 52.1 Å². The molecule has 0 N–H and O–H groups in total. The topological polar surface area (TPSA) is 84.7 Å². The number of nitrogens with zero attached hydrogens (tertiary/aromatic N) is 4. The zero-order valence-electron chi connectivity index (χ0n) is 22.5. The minimum atomic E-state index is -0.688. The second-order valence-electron chi connectivity index (χ2n) is 11.4. The van der Waals surface area contributed by atoms with Crippen LogP contribution in [-0.2, 0) is 9.59 Å². The monoisotopic (exact) mass is 584 g/mol. The van der Waals surface area contributed by atoms with Crippen molar-refractivity contribution < 1.29 is 18.8 Å². The largest absolute Gasteiger partial charge is 0.342 e. The molecule has 10 heteroatoms. The predicted molar refractivity (Wildman–Crippen MR) is 149 cm³/mol. The number of carbonyl (C=O) groups is 3. The summed E-state index contributed by atoms with van der Waals surface area (Å²) >= 11 is 12.5. The van der Waals surface area contributed by atoms with Gasteiger partial charge >= 0.3 is 0 Å². The molecule has 0 spiro atoms. The number of carbonyl (C=O) groups excluding carboxylic acids is 3. The Morgan fingerprint density at radius 2 is 1.73 bits per heavy atom. The second-order valence-corrected chi connectivity index (χ2v) is 12.3. The van der Waals surface area contributed by atoms with E-state index in [4.69, 9.17) is 23.2 Å². The van der Waals surface area contributed by atoms with E-state index < -0.39 is 5.82 Å². The third-order valence-corrected chi connectivity index (χ3v) is 9.51. The lowest BCUT2D eigenvalue weighted by molar-refractivity contribution is -0.142. The molecule has 0 radical (unpaired) electrons. The number of likely N-dealkylation sites (N-methyl/N-ethyl adjacent to an activating group) is 1. The Balaban J connectivity index is 1.35. The van der Waals surface area contributed by atoms with Gasteiger partial charge in [0, 0.05) is 56.0 Å². The van der Waals surface area contributed by atoms with Gasteiger partial charge in [0.05, 0.1) is 21.7 Å². The lowest BCUT2D eigenvalue weighted by Crippen LogP contribution is -2.46. The van der Waals surface area contributed by atoms with E-state index in [0.717, 1.165) is 24.5 Å². The molecular formula is C30H31Cl2FN4O3. The predicted octanol–water partition coefficient (Wildman–Crippen LogP) is 5.11. The van der Waals surface area contributed by atoms with Crippen LogP contribution in [0.3, 0.4) is 0 Å². The lowest BCUT2D eigenvalue weighted by Gasteiger charge is -2.34. The first-order chi connectivity index (χ1) is 19.0. The molecule has 2 aromatic carbocycles. The first-order valence-corrected chi connectivity index (χ1v) is 14.3. The number of amides is 3. The molecule has 2 saturated heterocycles. The van der Waals surface area contributed by atoms with E-state index in [1.165, 1.54) is 12.1 Å². The molecule has 3 fully saturated rings. The van der Waals surface area contributed by atoms with E-state index in [1.807, 2.05) is 17.9 Å². The van der Waals surface area contributed by atoms with E-state index in [9.17, 15) is 24.0 Å². The van der Waals surface area contributed by atoms with Crippen molar-refractivity contribution in [2.24, 2.45) is 11.3 Å². The normalized spacial score (nSPS) is 22.1. The molecule has 210 valence electrons. The van der Waals surface area contributed by atoms with Gasteiger partial charge in [0.1, 0.15) is 11.9 Å². The van der Waals surface area contributed by atoms with Crippen molar-refractivity contribution in [1.82, 2.24) is 14.7 Å². The molecule has 0 bridgehead atoms. The molecule has 2 heterocycles. The summed E-state index contributed by atoms with van der Waals surface area (Å²) in [6, 6.07) is 10.4. The maximum Gasteiger partial charge on any atom is 0.253 e. The highest BCUT2D eigenvalue weighted by molar-refractivity contribution is 6.42. The van der Waals surface area contributed by atoms with Gasteiger partial charge in [-0.05, 0) is 61.6 Å². The van der Waals surface area contributed by atoms with Crippen molar-refractivity contribution in [3.8, 4) is 6.07 Å². The number of benzene rings is 2. The molecule has 5 rings (SSSR count). The molecule has 3 amide bonds. The highest BCUT2D eigenvalue weighted by Crippen LogP contribution is 2.47. The van der Waals surface area contributed by atoms with Crippen molar-refractivity contribution in [2.45, 2.75) is 44.6 Å². The Morgan fingerprint density at radius 1 is 1.02 bits per heavy atom. The highest BCUT2D eigenvalue weighted by Gasteiger charge is 2.48. The molecular weight excluding hydrogens is 554 g/mol. The Bertz CT molecular complexity index is 1400.